The summed E-state index contributed by atoms with van der Waals surface area (Å²) in [5, 5.41) is 2.84. The number of rotatable bonds is 7. The average molecular weight is 316 g/mol. The quantitative estimate of drug-likeness (QED) is 0.652. The number of carbonyl (C=O) groups excluding carboxylic acids is 1. The van der Waals surface area contributed by atoms with Gasteiger partial charge in [-0.1, -0.05) is 65.8 Å². The van der Waals surface area contributed by atoms with E-state index in [4.69, 9.17) is 0 Å². The third-order valence-electron chi connectivity index (χ3n) is 4.15. The van der Waals surface area contributed by atoms with Crippen molar-refractivity contribution in [3.8, 4) is 0 Å². The van der Waals surface area contributed by atoms with Gasteiger partial charge in [0, 0.05) is 13.5 Å². The first-order valence-electron chi connectivity index (χ1n) is 8.82. The van der Waals surface area contributed by atoms with Crippen LogP contribution in [0.1, 0.15) is 94.9 Å². The van der Waals surface area contributed by atoms with E-state index in [0.717, 1.165) is 6.42 Å². The fraction of sp³-hybridized carbons (Fsp3) is 0.571. The van der Waals surface area contributed by atoms with Gasteiger partial charge in [0.05, 0.1) is 0 Å². The number of nitrogens with one attached hydrogen (secondary N) is 1. The van der Waals surface area contributed by atoms with Crippen LogP contribution in [0, 0.1) is 0 Å². The van der Waals surface area contributed by atoms with E-state index in [1.807, 2.05) is 0 Å². The van der Waals surface area contributed by atoms with Crippen molar-refractivity contribution >= 4 is 12.0 Å². The van der Waals surface area contributed by atoms with Crippen LogP contribution >= 0.6 is 0 Å². The summed E-state index contributed by atoms with van der Waals surface area (Å²) in [6.07, 6.45) is 5.29. The maximum absolute atomic E-state index is 10.9. The summed E-state index contributed by atoms with van der Waals surface area (Å²) in [5.74, 6) is 1.58. The maximum atomic E-state index is 10.9. The van der Waals surface area contributed by atoms with Gasteiger partial charge in [-0.05, 0) is 46.4 Å². The van der Waals surface area contributed by atoms with Gasteiger partial charge in [0.2, 0.25) is 5.91 Å². The smallest absolute Gasteiger partial charge is 0.216 e. The van der Waals surface area contributed by atoms with Crippen LogP contribution in [0.3, 0.4) is 0 Å². The number of benzene rings is 1. The summed E-state index contributed by atoms with van der Waals surface area (Å²) in [7, 11) is 0. The zero-order valence-corrected chi connectivity index (χ0v) is 15.9. The molecule has 0 radical (unpaired) electrons. The zero-order chi connectivity index (χ0) is 17.6. The second-order valence-corrected chi connectivity index (χ2v) is 7.25. The van der Waals surface area contributed by atoms with Gasteiger partial charge in [-0.15, -0.1) is 0 Å². The van der Waals surface area contributed by atoms with E-state index in [-0.39, 0.29) is 5.91 Å². The van der Waals surface area contributed by atoms with Gasteiger partial charge < -0.3 is 5.32 Å². The minimum absolute atomic E-state index is 0.0328. The SMILES string of the molecule is CC(=O)NCCC=Cc1c(C(C)C)cc(C(C)C)cc1C(C)C. The van der Waals surface area contributed by atoms with Crippen molar-refractivity contribution in [1.29, 1.82) is 0 Å². The highest BCUT2D eigenvalue weighted by Gasteiger charge is 2.15. The lowest BCUT2D eigenvalue weighted by Gasteiger charge is -2.21. The highest BCUT2D eigenvalue weighted by molar-refractivity contribution is 5.72. The molecule has 0 unspecified atom stereocenters. The van der Waals surface area contributed by atoms with Gasteiger partial charge in [-0.3, -0.25) is 4.79 Å². The van der Waals surface area contributed by atoms with E-state index >= 15 is 0 Å². The van der Waals surface area contributed by atoms with E-state index in [1.54, 1.807) is 6.92 Å². The fourth-order valence-electron chi connectivity index (χ4n) is 2.74. The highest BCUT2D eigenvalue weighted by Crippen LogP contribution is 2.33. The Morgan fingerprint density at radius 1 is 1.00 bits per heavy atom. The van der Waals surface area contributed by atoms with Gasteiger partial charge >= 0.3 is 0 Å². The van der Waals surface area contributed by atoms with E-state index in [2.05, 4.69) is 71.1 Å². The van der Waals surface area contributed by atoms with E-state index < -0.39 is 0 Å². The van der Waals surface area contributed by atoms with Crippen molar-refractivity contribution in [3.05, 3.63) is 40.5 Å². The number of carbonyl (C=O) groups is 1. The Morgan fingerprint density at radius 3 is 1.91 bits per heavy atom. The van der Waals surface area contributed by atoms with Crippen LogP contribution in [0.5, 0.6) is 0 Å². The first-order valence-corrected chi connectivity index (χ1v) is 8.82. The minimum Gasteiger partial charge on any atom is -0.356 e. The van der Waals surface area contributed by atoms with Crippen LogP contribution < -0.4 is 5.32 Å². The molecule has 0 aliphatic rings. The molecule has 1 amide bonds. The molecule has 128 valence electrons. The Labute approximate surface area is 142 Å². The minimum atomic E-state index is 0.0328. The average Bonchev–Trinajstić information content (AvgIpc) is 2.45. The molecule has 0 atom stereocenters. The molecule has 0 saturated heterocycles. The Balaban J connectivity index is 3.16. The topological polar surface area (TPSA) is 29.1 Å². The molecule has 2 nitrogen and oxygen atoms in total. The van der Waals surface area contributed by atoms with Crippen LogP contribution in [0.4, 0.5) is 0 Å². The summed E-state index contributed by atoms with van der Waals surface area (Å²) in [6, 6.07) is 4.74. The highest BCUT2D eigenvalue weighted by atomic mass is 16.1. The molecule has 0 fully saturated rings. The number of hydrogen-bond donors (Lipinski definition) is 1. The van der Waals surface area contributed by atoms with E-state index in [0.29, 0.717) is 24.3 Å². The van der Waals surface area contributed by atoms with Crippen LogP contribution in [0.15, 0.2) is 18.2 Å². The third-order valence-corrected chi connectivity index (χ3v) is 4.15. The van der Waals surface area contributed by atoms with Crippen LogP contribution in [-0.2, 0) is 4.79 Å². The Morgan fingerprint density at radius 2 is 1.52 bits per heavy atom. The number of amides is 1. The second-order valence-electron chi connectivity index (χ2n) is 7.25. The van der Waals surface area contributed by atoms with Crippen molar-refractivity contribution in [2.24, 2.45) is 0 Å². The van der Waals surface area contributed by atoms with Crippen molar-refractivity contribution in [3.63, 3.8) is 0 Å². The molecular formula is C21H33NO. The van der Waals surface area contributed by atoms with Gasteiger partial charge in [-0.2, -0.15) is 0 Å². The van der Waals surface area contributed by atoms with Gasteiger partial charge in [0.25, 0.3) is 0 Å². The Hall–Kier alpha value is -1.57. The zero-order valence-electron chi connectivity index (χ0n) is 15.9. The van der Waals surface area contributed by atoms with Crippen LogP contribution in [0.2, 0.25) is 0 Å². The van der Waals surface area contributed by atoms with E-state index in [9.17, 15) is 4.79 Å². The summed E-state index contributed by atoms with van der Waals surface area (Å²) in [5.41, 5.74) is 5.64. The molecule has 1 aromatic rings. The van der Waals surface area contributed by atoms with Gasteiger partial charge in [-0.25, -0.2) is 0 Å². The molecule has 1 N–H and O–H groups in total. The second kappa shape index (κ2) is 8.90. The molecule has 0 bridgehead atoms. The third kappa shape index (κ3) is 5.85. The summed E-state index contributed by atoms with van der Waals surface area (Å²) >= 11 is 0. The van der Waals surface area contributed by atoms with Crippen LogP contribution in [0.25, 0.3) is 6.08 Å². The molecule has 0 aliphatic heterocycles. The first-order chi connectivity index (χ1) is 10.7. The summed E-state index contributed by atoms with van der Waals surface area (Å²) in [6.45, 7) is 15.8. The van der Waals surface area contributed by atoms with Crippen molar-refractivity contribution in [2.45, 2.75) is 72.6 Å². The summed E-state index contributed by atoms with van der Waals surface area (Å²) < 4.78 is 0. The first kappa shape index (κ1) is 19.5. The molecule has 2 heteroatoms. The predicted octanol–water partition coefficient (Wildman–Crippen LogP) is 5.60. The molecule has 0 saturated carbocycles. The van der Waals surface area contributed by atoms with Gasteiger partial charge in [0.1, 0.15) is 0 Å². The lowest BCUT2D eigenvalue weighted by molar-refractivity contribution is -0.118. The number of hydrogen-bond acceptors (Lipinski definition) is 1. The monoisotopic (exact) mass is 315 g/mol. The van der Waals surface area contributed by atoms with Crippen molar-refractivity contribution < 1.29 is 4.79 Å². The molecule has 1 rings (SSSR count). The lowest BCUT2D eigenvalue weighted by atomic mass is 9.84. The van der Waals surface area contributed by atoms with E-state index in [1.165, 1.54) is 22.3 Å². The van der Waals surface area contributed by atoms with Crippen LogP contribution in [-0.4, -0.2) is 12.5 Å². The largest absolute Gasteiger partial charge is 0.356 e. The predicted molar refractivity (Wildman–Crippen MR) is 101 cm³/mol. The molecule has 0 aromatic heterocycles. The normalized spacial score (nSPS) is 11.9. The molecule has 0 aliphatic carbocycles. The molecular weight excluding hydrogens is 282 g/mol. The molecule has 23 heavy (non-hydrogen) atoms. The standard InChI is InChI=1S/C21H33NO/c1-14(2)18-12-20(15(3)4)19(21(13-18)16(5)6)10-8-9-11-22-17(7)23/h8,10,12-16H,9,11H2,1-7H3,(H,22,23). The Bertz CT molecular complexity index is 524. The van der Waals surface area contributed by atoms with Gasteiger partial charge in [0.15, 0.2) is 0 Å². The van der Waals surface area contributed by atoms with Crippen molar-refractivity contribution in [1.82, 2.24) is 5.32 Å². The molecule has 1 aromatic carbocycles. The van der Waals surface area contributed by atoms with Crippen molar-refractivity contribution in [2.75, 3.05) is 6.54 Å². The molecule has 0 heterocycles. The fourth-order valence-corrected chi connectivity index (χ4v) is 2.74. The molecule has 0 spiro atoms. The maximum Gasteiger partial charge on any atom is 0.216 e. The summed E-state index contributed by atoms with van der Waals surface area (Å²) in [4.78, 5) is 10.9. The lowest BCUT2D eigenvalue weighted by Crippen LogP contribution is -2.20. The Kier molecular flexibility index (Phi) is 7.54.